The van der Waals surface area contributed by atoms with Crippen molar-refractivity contribution in [1.29, 1.82) is 0 Å². The molecule has 0 aromatic rings. The first-order chi connectivity index (χ1) is 17.2. The largest absolute Gasteiger partial charge is 0.465 e. The maximum atomic E-state index is 13.9. The van der Waals surface area contributed by atoms with Crippen LogP contribution in [0.15, 0.2) is 0 Å². The Morgan fingerprint density at radius 1 is 1.08 bits per heavy atom. The summed E-state index contributed by atoms with van der Waals surface area (Å²) in [7, 11) is -6.03. The molecule has 7 aliphatic rings. The first-order valence-electron chi connectivity index (χ1n) is 12.4. The van der Waals surface area contributed by atoms with E-state index in [1.165, 1.54) is 0 Å². The molecule has 11 nitrogen and oxygen atoms in total. The fourth-order valence-electron chi connectivity index (χ4n) is 8.43. The topological polar surface area (TPSA) is 160 Å². The molecule has 0 aromatic carbocycles. The van der Waals surface area contributed by atoms with E-state index in [-0.39, 0.29) is 54.8 Å². The number of halogens is 2. The summed E-state index contributed by atoms with van der Waals surface area (Å²) in [5, 5.41) is -5.14. The highest BCUT2D eigenvalue weighted by molar-refractivity contribution is 7.87. The lowest BCUT2D eigenvalue weighted by Gasteiger charge is -2.59. The maximum absolute atomic E-state index is 13.9. The van der Waals surface area contributed by atoms with Gasteiger partial charge in [-0.15, -0.1) is 0 Å². The summed E-state index contributed by atoms with van der Waals surface area (Å²) >= 11 is 0. The summed E-state index contributed by atoms with van der Waals surface area (Å²) in [6.45, 7) is -0.679. The van der Waals surface area contributed by atoms with Crippen LogP contribution in [0.4, 0.5) is 8.78 Å². The highest BCUT2D eigenvalue weighted by atomic mass is 32.2. The van der Waals surface area contributed by atoms with Crippen LogP contribution in [0, 0.1) is 35.0 Å². The second-order valence-electron chi connectivity index (χ2n) is 11.7. The number of rotatable bonds is 7. The van der Waals surface area contributed by atoms with E-state index in [0.29, 0.717) is 25.7 Å². The minimum atomic E-state index is -6.03. The van der Waals surface area contributed by atoms with Crippen LogP contribution in [-0.2, 0) is 48.2 Å². The lowest BCUT2D eigenvalue weighted by atomic mass is 9.48. The van der Waals surface area contributed by atoms with E-state index < -0.39 is 63.1 Å². The molecule has 1 heterocycles. The number of esters is 4. The molecular weight excluding hydrogens is 522 g/mol. The fourth-order valence-corrected chi connectivity index (χ4v) is 8.68. The summed E-state index contributed by atoms with van der Waals surface area (Å²) < 4.78 is 79.7. The lowest BCUT2D eigenvalue weighted by Crippen LogP contribution is -2.61. The van der Waals surface area contributed by atoms with Crippen molar-refractivity contribution in [1.82, 2.24) is 0 Å². The van der Waals surface area contributed by atoms with Crippen LogP contribution >= 0.6 is 0 Å². The maximum Gasteiger partial charge on any atom is 0.465 e. The van der Waals surface area contributed by atoms with Crippen molar-refractivity contribution < 1.29 is 59.9 Å². The van der Waals surface area contributed by atoms with E-state index >= 15 is 0 Å². The number of hydrogen-bond acceptors (Lipinski definition) is 10. The Morgan fingerprint density at radius 2 is 1.76 bits per heavy atom. The number of carbonyl (C=O) groups is 4. The smallest absolute Gasteiger partial charge is 0.458 e. The predicted octanol–water partition coefficient (Wildman–Crippen LogP) is 1.39. The third kappa shape index (κ3) is 3.76. The Kier molecular flexibility index (Phi) is 5.29. The van der Waals surface area contributed by atoms with Crippen LogP contribution in [0.5, 0.6) is 0 Å². The molecule has 0 aromatic heterocycles. The summed E-state index contributed by atoms with van der Waals surface area (Å²) in [6.07, 6.45) is 1.90. The van der Waals surface area contributed by atoms with Crippen LogP contribution < -0.4 is 0 Å². The van der Waals surface area contributed by atoms with E-state index in [1.807, 2.05) is 0 Å². The molecule has 1 N–H and O–H groups in total. The van der Waals surface area contributed by atoms with Crippen LogP contribution in [-0.4, -0.2) is 66.5 Å². The highest BCUT2D eigenvalue weighted by Crippen LogP contribution is 2.63. The molecule has 6 aliphatic carbocycles. The van der Waals surface area contributed by atoms with Gasteiger partial charge in [0.05, 0.1) is 11.3 Å². The van der Waals surface area contributed by atoms with Gasteiger partial charge in [0.2, 0.25) is 0 Å². The number of fused-ring (bicyclic) bond motifs is 1. The molecule has 7 rings (SSSR count). The Morgan fingerprint density at radius 3 is 2.41 bits per heavy atom. The van der Waals surface area contributed by atoms with Gasteiger partial charge in [0.1, 0.15) is 17.8 Å². The normalized spacial score (nSPS) is 43.0. The molecule has 6 bridgehead atoms. The van der Waals surface area contributed by atoms with Crippen LogP contribution in [0.3, 0.4) is 0 Å². The Hall–Kier alpha value is -2.35. The average Bonchev–Trinajstić information content (AvgIpc) is 3.40. The molecule has 0 amide bonds. The van der Waals surface area contributed by atoms with Crippen molar-refractivity contribution in [2.24, 2.45) is 35.0 Å². The van der Waals surface area contributed by atoms with Crippen molar-refractivity contribution in [2.75, 3.05) is 6.61 Å². The molecule has 1 saturated heterocycles. The van der Waals surface area contributed by atoms with Gasteiger partial charge in [-0.1, -0.05) is 0 Å². The monoisotopic (exact) mass is 548 g/mol. The van der Waals surface area contributed by atoms with Gasteiger partial charge in [0, 0.05) is 18.3 Å². The minimum absolute atomic E-state index is 0.0182. The zero-order valence-corrected chi connectivity index (χ0v) is 20.4. The van der Waals surface area contributed by atoms with Gasteiger partial charge in [-0.3, -0.25) is 14.1 Å². The molecule has 7 unspecified atom stereocenters. The highest BCUT2D eigenvalue weighted by Gasteiger charge is 2.66. The summed E-state index contributed by atoms with van der Waals surface area (Å²) in [6, 6.07) is 0. The fraction of sp³-hybridized carbons (Fsp3) is 0.826. The molecule has 37 heavy (non-hydrogen) atoms. The van der Waals surface area contributed by atoms with Gasteiger partial charge in [-0.2, -0.15) is 17.2 Å². The first kappa shape index (κ1) is 25.0. The number of alkyl halides is 2. The minimum Gasteiger partial charge on any atom is -0.458 e. The van der Waals surface area contributed by atoms with Crippen LogP contribution in [0.25, 0.3) is 0 Å². The quantitative estimate of drug-likeness (QED) is 0.278. The van der Waals surface area contributed by atoms with Crippen LogP contribution in [0.1, 0.15) is 51.4 Å². The van der Waals surface area contributed by atoms with Crippen molar-refractivity contribution >= 4 is 34.0 Å². The summed E-state index contributed by atoms with van der Waals surface area (Å²) in [5.41, 5.74) is -2.68. The Bertz CT molecular complexity index is 1170. The molecule has 0 radical (unpaired) electrons. The lowest BCUT2D eigenvalue weighted by molar-refractivity contribution is -0.221. The number of ether oxygens (including phenoxy) is 4. The van der Waals surface area contributed by atoms with Crippen molar-refractivity contribution in [3.63, 3.8) is 0 Å². The van der Waals surface area contributed by atoms with E-state index in [2.05, 4.69) is 0 Å². The third-order valence-electron chi connectivity index (χ3n) is 9.31. The molecule has 204 valence electrons. The van der Waals surface area contributed by atoms with Gasteiger partial charge < -0.3 is 18.9 Å². The molecular formula is C23H26F2O11S. The Labute approximate surface area is 210 Å². The molecule has 7 fully saturated rings. The van der Waals surface area contributed by atoms with E-state index in [1.54, 1.807) is 0 Å². The van der Waals surface area contributed by atoms with Gasteiger partial charge in [0.25, 0.3) is 0 Å². The van der Waals surface area contributed by atoms with E-state index in [0.717, 1.165) is 6.42 Å². The van der Waals surface area contributed by atoms with Gasteiger partial charge in [0.15, 0.2) is 6.61 Å². The van der Waals surface area contributed by atoms with Gasteiger partial charge >= 0.3 is 39.2 Å². The second-order valence-corrected chi connectivity index (χ2v) is 13.2. The van der Waals surface area contributed by atoms with E-state index in [4.69, 9.17) is 23.5 Å². The van der Waals surface area contributed by atoms with Crippen molar-refractivity contribution in [3.8, 4) is 0 Å². The van der Waals surface area contributed by atoms with Crippen LogP contribution in [0.2, 0.25) is 0 Å². The summed E-state index contributed by atoms with van der Waals surface area (Å²) in [4.78, 5) is 49.7. The molecule has 14 heteroatoms. The molecule has 6 saturated carbocycles. The molecule has 1 aliphatic heterocycles. The first-order valence-corrected chi connectivity index (χ1v) is 13.8. The van der Waals surface area contributed by atoms with Gasteiger partial charge in [-0.05, 0) is 56.8 Å². The number of hydrogen-bond donors (Lipinski definition) is 1. The van der Waals surface area contributed by atoms with Crippen molar-refractivity contribution in [2.45, 2.75) is 74.4 Å². The SMILES string of the molecule is O=C(COC(=O)C12CC3CC(CC(OC(=O)C(F)(F)S(=O)(=O)O)(C3)C1)C2)OC1C2CC3C(=O)OC1C3C2. The summed E-state index contributed by atoms with van der Waals surface area (Å²) in [5.74, 6) is -4.55. The molecule has 7 atom stereocenters. The molecule has 0 spiro atoms. The van der Waals surface area contributed by atoms with Gasteiger partial charge in [-0.25, -0.2) is 9.59 Å². The van der Waals surface area contributed by atoms with E-state index in [9.17, 15) is 36.4 Å². The Balaban J connectivity index is 1.10. The third-order valence-corrected chi connectivity index (χ3v) is 10.1. The zero-order valence-electron chi connectivity index (χ0n) is 19.6. The predicted molar refractivity (Wildman–Crippen MR) is 113 cm³/mol. The standard InChI is InChI=1S/C23H26F2O11S/c24-23(25,37(30,31)32)20(29)36-22-6-10-1-11(7-22)5-21(4-10,9-22)19(28)33-8-15(26)34-16-12-2-13-14(3-12)18(27)35-17(13)16/h10-14,16-17H,1-9H2,(H,30,31,32). The zero-order chi connectivity index (χ0) is 26.5. The van der Waals surface area contributed by atoms with Crippen molar-refractivity contribution in [3.05, 3.63) is 0 Å². The average molecular weight is 549 g/mol. The second kappa shape index (κ2) is 7.84. The number of carbonyl (C=O) groups excluding carboxylic acids is 4.